The lowest BCUT2D eigenvalue weighted by Gasteiger charge is -2.08. The lowest BCUT2D eigenvalue weighted by atomic mass is 9.97. The quantitative estimate of drug-likeness (QED) is 0.310. The highest BCUT2D eigenvalue weighted by Gasteiger charge is 2.03. The number of hydrogen-bond acceptors (Lipinski definition) is 0. The zero-order chi connectivity index (χ0) is 20.1. The van der Waals surface area contributed by atoms with Gasteiger partial charge in [-0.05, 0) is 51.5 Å². The molecule has 0 nitrogen and oxygen atoms in total. The highest BCUT2D eigenvalue weighted by Crippen LogP contribution is 2.27. The van der Waals surface area contributed by atoms with E-state index in [1.54, 1.807) is 0 Å². The summed E-state index contributed by atoms with van der Waals surface area (Å²) in [5, 5.41) is 0. The normalized spacial score (nSPS) is 11.3. The Kier molecular flexibility index (Phi) is 5.54. The summed E-state index contributed by atoms with van der Waals surface area (Å²) in [5.41, 5.74) is 9.55. The zero-order valence-electron chi connectivity index (χ0n) is 16.7. The molecule has 0 N–H and O–H groups in total. The molecule has 0 aliphatic rings. The van der Waals surface area contributed by atoms with Gasteiger partial charge in [0.05, 0.1) is 0 Å². The first-order chi connectivity index (χ1) is 14.2. The highest BCUT2D eigenvalue weighted by atomic mass is 14.1. The molecule has 0 aromatic heterocycles. The van der Waals surface area contributed by atoms with Crippen molar-refractivity contribution in [1.82, 2.24) is 0 Å². The Hall–Kier alpha value is -3.64. The standard InChI is InChI=1S/C29H24/c1-22(24-9-5-3-6-10-24)21-23(2)25-13-15-28(16-14-25)29-19-17-27(18-20-29)26-11-7-4-8-12-26/h3-21H,1H2,2H3/b23-21+. The van der Waals surface area contributed by atoms with E-state index in [1.165, 1.54) is 33.4 Å². The summed E-state index contributed by atoms with van der Waals surface area (Å²) in [4.78, 5) is 0. The lowest BCUT2D eigenvalue weighted by molar-refractivity contribution is 1.54. The number of benzene rings is 4. The van der Waals surface area contributed by atoms with Crippen LogP contribution in [0.4, 0.5) is 0 Å². The number of allylic oxidation sites excluding steroid dienone is 3. The molecule has 140 valence electrons. The van der Waals surface area contributed by atoms with Crippen LogP contribution in [0.25, 0.3) is 33.4 Å². The molecule has 0 bridgehead atoms. The summed E-state index contributed by atoms with van der Waals surface area (Å²) in [7, 11) is 0. The molecule has 4 rings (SSSR count). The maximum absolute atomic E-state index is 4.21. The SMILES string of the molecule is C=C(/C=C(\C)c1ccc(-c2ccc(-c3ccccc3)cc2)cc1)c1ccccc1. The average molecular weight is 373 g/mol. The van der Waals surface area contributed by atoms with Gasteiger partial charge in [-0.1, -0.05) is 122 Å². The third-order valence-corrected chi connectivity index (χ3v) is 5.20. The fourth-order valence-corrected chi connectivity index (χ4v) is 3.49. The summed E-state index contributed by atoms with van der Waals surface area (Å²) in [5.74, 6) is 0. The fourth-order valence-electron chi connectivity index (χ4n) is 3.49. The van der Waals surface area contributed by atoms with Gasteiger partial charge < -0.3 is 0 Å². The summed E-state index contributed by atoms with van der Waals surface area (Å²) >= 11 is 0. The first-order valence-corrected chi connectivity index (χ1v) is 9.90. The van der Waals surface area contributed by atoms with Gasteiger partial charge in [0.15, 0.2) is 0 Å². The minimum atomic E-state index is 1.03. The first-order valence-electron chi connectivity index (χ1n) is 9.90. The molecule has 0 amide bonds. The van der Waals surface area contributed by atoms with Gasteiger partial charge in [0.2, 0.25) is 0 Å². The molecule has 4 aromatic carbocycles. The van der Waals surface area contributed by atoms with Crippen LogP contribution in [0, 0.1) is 0 Å². The van der Waals surface area contributed by atoms with Crippen molar-refractivity contribution in [3.63, 3.8) is 0 Å². The minimum Gasteiger partial charge on any atom is -0.0911 e. The van der Waals surface area contributed by atoms with E-state index in [0.717, 1.165) is 11.1 Å². The fraction of sp³-hybridized carbons (Fsp3) is 0.0345. The van der Waals surface area contributed by atoms with Crippen LogP contribution in [0.3, 0.4) is 0 Å². The van der Waals surface area contributed by atoms with Crippen LogP contribution in [-0.4, -0.2) is 0 Å². The van der Waals surface area contributed by atoms with E-state index < -0.39 is 0 Å². The molecule has 0 aliphatic carbocycles. The predicted octanol–water partition coefficient (Wildman–Crippen LogP) is 8.14. The van der Waals surface area contributed by atoms with Gasteiger partial charge >= 0.3 is 0 Å². The smallest absolute Gasteiger partial charge is 0.0184 e. The molecule has 0 atom stereocenters. The van der Waals surface area contributed by atoms with E-state index in [4.69, 9.17) is 0 Å². The van der Waals surface area contributed by atoms with Crippen LogP contribution in [0.1, 0.15) is 18.1 Å². The Morgan fingerprint density at radius 1 is 0.517 bits per heavy atom. The molecule has 0 spiro atoms. The summed E-state index contributed by atoms with van der Waals surface area (Å²) in [6, 6.07) is 38.3. The second-order valence-electron chi connectivity index (χ2n) is 7.24. The molecular weight excluding hydrogens is 348 g/mol. The largest absolute Gasteiger partial charge is 0.0911 e. The topological polar surface area (TPSA) is 0 Å². The van der Waals surface area contributed by atoms with Gasteiger partial charge in [0.1, 0.15) is 0 Å². The molecule has 0 heteroatoms. The molecule has 4 aromatic rings. The average Bonchev–Trinajstić information content (AvgIpc) is 2.80. The van der Waals surface area contributed by atoms with Gasteiger partial charge in [-0.2, -0.15) is 0 Å². The molecule has 0 unspecified atom stereocenters. The van der Waals surface area contributed by atoms with E-state index in [0.29, 0.717) is 0 Å². The Labute approximate surface area is 173 Å². The second-order valence-corrected chi connectivity index (χ2v) is 7.24. The molecule has 0 saturated heterocycles. The van der Waals surface area contributed by atoms with Gasteiger partial charge in [0, 0.05) is 0 Å². The minimum absolute atomic E-state index is 1.03. The third-order valence-electron chi connectivity index (χ3n) is 5.20. The molecule has 0 aliphatic heterocycles. The number of hydrogen-bond donors (Lipinski definition) is 0. The predicted molar refractivity (Wildman–Crippen MR) is 126 cm³/mol. The number of rotatable bonds is 5. The van der Waals surface area contributed by atoms with E-state index in [2.05, 4.69) is 105 Å². The molecular formula is C29H24. The monoisotopic (exact) mass is 372 g/mol. The van der Waals surface area contributed by atoms with Crippen molar-refractivity contribution in [2.24, 2.45) is 0 Å². The summed E-state index contributed by atoms with van der Waals surface area (Å²) in [6.45, 7) is 6.35. The van der Waals surface area contributed by atoms with Gasteiger partial charge in [0.25, 0.3) is 0 Å². The molecule has 29 heavy (non-hydrogen) atoms. The van der Waals surface area contributed by atoms with Crippen LogP contribution in [0.2, 0.25) is 0 Å². The summed E-state index contributed by atoms with van der Waals surface area (Å²) in [6.07, 6.45) is 2.15. The van der Waals surface area contributed by atoms with Crippen molar-refractivity contribution in [2.45, 2.75) is 6.92 Å². The van der Waals surface area contributed by atoms with E-state index in [1.807, 2.05) is 24.3 Å². The van der Waals surface area contributed by atoms with Gasteiger partial charge in [-0.3, -0.25) is 0 Å². The molecule has 0 radical (unpaired) electrons. The Bertz CT molecular complexity index is 1110. The van der Waals surface area contributed by atoms with E-state index >= 15 is 0 Å². The van der Waals surface area contributed by atoms with Crippen LogP contribution >= 0.6 is 0 Å². The summed E-state index contributed by atoms with van der Waals surface area (Å²) < 4.78 is 0. The van der Waals surface area contributed by atoms with Gasteiger partial charge in [-0.25, -0.2) is 0 Å². The van der Waals surface area contributed by atoms with Crippen molar-refractivity contribution < 1.29 is 0 Å². The Morgan fingerprint density at radius 3 is 1.45 bits per heavy atom. The zero-order valence-corrected chi connectivity index (χ0v) is 16.7. The molecule has 0 fully saturated rings. The van der Waals surface area contributed by atoms with Crippen molar-refractivity contribution in [3.8, 4) is 22.3 Å². The molecule has 0 saturated carbocycles. The Balaban J connectivity index is 1.52. The highest BCUT2D eigenvalue weighted by molar-refractivity contribution is 5.82. The van der Waals surface area contributed by atoms with Crippen molar-refractivity contribution in [1.29, 1.82) is 0 Å². The van der Waals surface area contributed by atoms with Crippen LogP contribution in [-0.2, 0) is 0 Å². The van der Waals surface area contributed by atoms with Crippen molar-refractivity contribution in [3.05, 3.63) is 133 Å². The third kappa shape index (κ3) is 4.44. The van der Waals surface area contributed by atoms with E-state index in [9.17, 15) is 0 Å². The second kappa shape index (κ2) is 8.58. The van der Waals surface area contributed by atoms with Gasteiger partial charge in [-0.15, -0.1) is 0 Å². The van der Waals surface area contributed by atoms with E-state index in [-0.39, 0.29) is 0 Å². The first kappa shape index (κ1) is 18.7. The maximum atomic E-state index is 4.21. The van der Waals surface area contributed by atoms with Crippen LogP contribution in [0.15, 0.2) is 122 Å². The van der Waals surface area contributed by atoms with Crippen LogP contribution in [0.5, 0.6) is 0 Å². The van der Waals surface area contributed by atoms with Crippen LogP contribution < -0.4 is 0 Å². The van der Waals surface area contributed by atoms with Crippen molar-refractivity contribution >= 4 is 11.1 Å². The molecule has 0 heterocycles. The Morgan fingerprint density at radius 2 is 0.931 bits per heavy atom. The maximum Gasteiger partial charge on any atom is -0.0184 e. The lowest BCUT2D eigenvalue weighted by Crippen LogP contribution is -1.84. The van der Waals surface area contributed by atoms with Crippen molar-refractivity contribution in [2.75, 3.05) is 0 Å².